The van der Waals surface area contributed by atoms with Gasteiger partial charge in [0.05, 0.1) is 16.3 Å². The fraction of sp³-hybridized carbons (Fsp3) is 0.0714. The van der Waals surface area contributed by atoms with Gasteiger partial charge in [-0.2, -0.15) is 5.10 Å². The fourth-order valence-corrected chi connectivity index (χ4v) is 5.12. The average molecular weight is 518 g/mol. The van der Waals surface area contributed by atoms with Crippen molar-refractivity contribution in [3.05, 3.63) is 120 Å². The van der Waals surface area contributed by atoms with Crippen molar-refractivity contribution < 1.29 is 13.2 Å². The van der Waals surface area contributed by atoms with Crippen molar-refractivity contribution in [2.24, 2.45) is 5.10 Å². The van der Waals surface area contributed by atoms with E-state index in [0.29, 0.717) is 16.4 Å². The number of amides is 1. The topological polar surface area (TPSA) is 78.8 Å². The maximum atomic E-state index is 13.3. The summed E-state index contributed by atoms with van der Waals surface area (Å²) < 4.78 is 27.7. The Hall–Kier alpha value is -3.94. The van der Waals surface area contributed by atoms with Crippen LogP contribution in [-0.4, -0.2) is 26.6 Å². The highest BCUT2D eigenvalue weighted by Gasteiger charge is 2.27. The lowest BCUT2D eigenvalue weighted by Crippen LogP contribution is -2.39. The summed E-state index contributed by atoms with van der Waals surface area (Å²) in [5, 5.41) is 4.64. The van der Waals surface area contributed by atoms with Crippen molar-refractivity contribution in [3.63, 3.8) is 0 Å². The molecule has 6 nitrogen and oxygen atoms in total. The van der Waals surface area contributed by atoms with Gasteiger partial charge in [-0.1, -0.05) is 84.4 Å². The highest BCUT2D eigenvalue weighted by atomic mass is 35.5. The number of nitrogens with zero attached hydrogens (tertiary/aromatic N) is 2. The smallest absolute Gasteiger partial charge is 0.264 e. The molecular formula is C28H24ClN3O3S. The number of nitrogens with one attached hydrogen (secondary N) is 1. The van der Waals surface area contributed by atoms with Gasteiger partial charge in [0.2, 0.25) is 0 Å². The first-order valence-electron chi connectivity index (χ1n) is 11.2. The molecule has 0 spiro atoms. The lowest BCUT2D eigenvalue weighted by molar-refractivity contribution is -0.119. The Morgan fingerprint density at radius 2 is 1.36 bits per heavy atom. The van der Waals surface area contributed by atoms with E-state index >= 15 is 0 Å². The third-order valence-corrected chi connectivity index (χ3v) is 7.53. The van der Waals surface area contributed by atoms with Crippen LogP contribution in [0.5, 0.6) is 0 Å². The molecule has 0 aliphatic heterocycles. The Morgan fingerprint density at radius 3 is 1.97 bits per heavy atom. The lowest BCUT2D eigenvalue weighted by atomic mass is 10.0. The van der Waals surface area contributed by atoms with Crippen LogP contribution in [0.4, 0.5) is 5.69 Å². The molecule has 0 fully saturated rings. The minimum absolute atomic E-state index is 0.0749. The van der Waals surface area contributed by atoms with Gasteiger partial charge in [0.15, 0.2) is 0 Å². The van der Waals surface area contributed by atoms with Crippen LogP contribution >= 0.6 is 11.6 Å². The third kappa shape index (κ3) is 6.00. The van der Waals surface area contributed by atoms with Crippen LogP contribution in [0.25, 0.3) is 11.1 Å². The van der Waals surface area contributed by atoms with Crippen molar-refractivity contribution >= 4 is 38.9 Å². The molecule has 1 amide bonds. The van der Waals surface area contributed by atoms with Crippen LogP contribution in [0.15, 0.2) is 119 Å². The van der Waals surface area contributed by atoms with Gasteiger partial charge in [-0.15, -0.1) is 0 Å². The molecule has 0 aliphatic rings. The summed E-state index contributed by atoms with van der Waals surface area (Å²) in [5.74, 6) is -0.579. The van der Waals surface area contributed by atoms with E-state index in [1.54, 1.807) is 49.4 Å². The number of carbonyl (C=O) groups is 1. The molecular weight excluding hydrogens is 494 g/mol. The normalized spacial score (nSPS) is 11.7. The molecule has 0 aliphatic carbocycles. The molecule has 182 valence electrons. The number of hydrogen-bond acceptors (Lipinski definition) is 4. The first-order valence-corrected chi connectivity index (χ1v) is 13.0. The van der Waals surface area contributed by atoms with Crippen LogP contribution < -0.4 is 9.73 Å². The van der Waals surface area contributed by atoms with Crippen LogP contribution in [0.2, 0.25) is 5.02 Å². The quantitative estimate of drug-likeness (QED) is 0.239. The maximum absolute atomic E-state index is 13.3. The van der Waals surface area contributed by atoms with Crippen molar-refractivity contribution in [2.45, 2.75) is 11.8 Å². The van der Waals surface area contributed by atoms with Gasteiger partial charge in [0.1, 0.15) is 6.54 Å². The molecule has 0 saturated carbocycles. The minimum Gasteiger partial charge on any atom is -0.271 e. The number of sulfonamides is 1. The Labute approximate surface area is 215 Å². The largest absolute Gasteiger partial charge is 0.271 e. The van der Waals surface area contributed by atoms with Gasteiger partial charge < -0.3 is 0 Å². The molecule has 0 saturated heterocycles. The number of anilines is 1. The number of carbonyl (C=O) groups excluding carboxylic acids is 1. The van der Waals surface area contributed by atoms with Crippen molar-refractivity contribution in [1.82, 2.24) is 5.43 Å². The third-order valence-electron chi connectivity index (χ3n) is 5.49. The van der Waals surface area contributed by atoms with Crippen molar-refractivity contribution in [1.29, 1.82) is 0 Å². The van der Waals surface area contributed by atoms with Crippen LogP contribution in [-0.2, 0) is 14.8 Å². The van der Waals surface area contributed by atoms with Crippen LogP contribution in [0.1, 0.15) is 12.5 Å². The molecule has 0 radical (unpaired) electrons. The molecule has 4 aromatic carbocycles. The van der Waals surface area contributed by atoms with E-state index in [0.717, 1.165) is 21.0 Å². The van der Waals surface area contributed by atoms with Crippen molar-refractivity contribution in [3.8, 4) is 11.1 Å². The summed E-state index contributed by atoms with van der Waals surface area (Å²) in [7, 11) is -4.00. The van der Waals surface area contributed by atoms with E-state index in [-0.39, 0.29) is 4.90 Å². The molecule has 4 rings (SSSR count). The van der Waals surface area contributed by atoms with Gasteiger partial charge in [0.25, 0.3) is 15.9 Å². The zero-order valence-corrected chi connectivity index (χ0v) is 21.1. The standard InChI is InChI=1S/C28H24ClN3O3S/c1-21(22-12-14-24(15-13-22)23-8-4-2-5-9-23)30-31-28(33)20-32(26-18-16-25(29)17-19-26)36(34,35)27-10-6-3-7-11-27/h2-19H,20H2,1H3,(H,31,33)/b30-21-. The van der Waals surface area contributed by atoms with Crippen LogP contribution in [0, 0.1) is 0 Å². The Bertz CT molecular complexity index is 1460. The van der Waals surface area contributed by atoms with Gasteiger partial charge >= 0.3 is 0 Å². The molecule has 0 unspecified atom stereocenters. The first kappa shape index (κ1) is 25.2. The molecule has 0 aromatic heterocycles. The second kappa shape index (κ2) is 11.2. The Morgan fingerprint density at radius 1 is 0.806 bits per heavy atom. The zero-order chi connectivity index (χ0) is 25.5. The molecule has 8 heteroatoms. The predicted molar refractivity (Wildman–Crippen MR) is 145 cm³/mol. The SMILES string of the molecule is C/C(=N/NC(=O)CN(c1ccc(Cl)cc1)S(=O)(=O)c1ccccc1)c1ccc(-c2ccccc2)cc1. The first-order chi connectivity index (χ1) is 17.3. The second-order valence-corrected chi connectivity index (χ2v) is 10.3. The molecule has 36 heavy (non-hydrogen) atoms. The van der Waals surface area contributed by atoms with E-state index in [1.165, 1.54) is 12.1 Å². The summed E-state index contributed by atoms with van der Waals surface area (Å²) in [5.41, 5.74) is 6.39. The number of halogens is 1. The fourth-order valence-electron chi connectivity index (χ4n) is 3.55. The summed E-state index contributed by atoms with van der Waals surface area (Å²) in [6.07, 6.45) is 0. The second-order valence-electron chi connectivity index (χ2n) is 7.98. The summed E-state index contributed by atoms with van der Waals surface area (Å²) in [4.78, 5) is 12.9. The number of hydrazone groups is 1. The molecule has 4 aromatic rings. The molecule has 0 atom stereocenters. The summed E-state index contributed by atoms with van der Waals surface area (Å²) in [6.45, 7) is 1.32. The van der Waals surface area contributed by atoms with Gasteiger partial charge in [0, 0.05) is 5.02 Å². The average Bonchev–Trinajstić information content (AvgIpc) is 2.92. The van der Waals surface area contributed by atoms with E-state index in [4.69, 9.17) is 11.6 Å². The Kier molecular flexibility index (Phi) is 7.83. The van der Waals surface area contributed by atoms with E-state index in [9.17, 15) is 13.2 Å². The number of rotatable bonds is 8. The minimum atomic E-state index is -4.00. The predicted octanol–water partition coefficient (Wildman–Crippen LogP) is 5.74. The van der Waals surface area contributed by atoms with E-state index in [1.807, 2.05) is 54.6 Å². The monoisotopic (exact) mass is 517 g/mol. The van der Waals surface area contributed by atoms with Gasteiger partial charge in [-0.3, -0.25) is 9.10 Å². The highest BCUT2D eigenvalue weighted by molar-refractivity contribution is 7.92. The van der Waals surface area contributed by atoms with E-state index in [2.05, 4.69) is 10.5 Å². The lowest BCUT2D eigenvalue weighted by Gasteiger charge is -2.23. The maximum Gasteiger partial charge on any atom is 0.264 e. The molecule has 1 N–H and O–H groups in total. The summed E-state index contributed by atoms with van der Waals surface area (Å²) >= 11 is 5.98. The van der Waals surface area contributed by atoms with Gasteiger partial charge in [-0.25, -0.2) is 13.8 Å². The van der Waals surface area contributed by atoms with Gasteiger partial charge in [-0.05, 0) is 60.0 Å². The number of benzene rings is 4. The number of hydrogen-bond donors (Lipinski definition) is 1. The van der Waals surface area contributed by atoms with E-state index < -0.39 is 22.5 Å². The Balaban J connectivity index is 1.51. The molecule has 0 heterocycles. The zero-order valence-electron chi connectivity index (χ0n) is 19.5. The van der Waals surface area contributed by atoms with Crippen LogP contribution in [0.3, 0.4) is 0 Å². The summed E-state index contributed by atoms with van der Waals surface area (Å²) in [6, 6.07) is 32.0. The highest BCUT2D eigenvalue weighted by Crippen LogP contribution is 2.25. The molecule has 0 bridgehead atoms. The van der Waals surface area contributed by atoms with Crippen molar-refractivity contribution in [2.75, 3.05) is 10.8 Å².